The zero-order valence-corrected chi connectivity index (χ0v) is 12.7. The van der Waals surface area contributed by atoms with Gasteiger partial charge in [0.05, 0.1) is 13.2 Å². The van der Waals surface area contributed by atoms with Crippen molar-refractivity contribution in [3.63, 3.8) is 0 Å². The zero-order chi connectivity index (χ0) is 15.7. The Bertz CT molecular complexity index is 535. The normalized spacial score (nSPS) is 30.2. The van der Waals surface area contributed by atoms with Gasteiger partial charge in [-0.15, -0.1) is 0 Å². The predicted octanol–water partition coefficient (Wildman–Crippen LogP) is 3.24. The Kier molecular flexibility index (Phi) is 4.17. The van der Waals surface area contributed by atoms with Crippen LogP contribution in [-0.4, -0.2) is 36.0 Å². The Morgan fingerprint density at radius 2 is 2.05 bits per heavy atom. The molecule has 0 unspecified atom stereocenters. The van der Waals surface area contributed by atoms with Gasteiger partial charge in [0.2, 0.25) is 0 Å². The predicted molar refractivity (Wildman–Crippen MR) is 78.5 cm³/mol. The van der Waals surface area contributed by atoms with E-state index in [9.17, 15) is 13.6 Å². The van der Waals surface area contributed by atoms with Gasteiger partial charge in [-0.05, 0) is 24.3 Å². The number of carbonyl (C=O) groups is 1. The van der Waals surface area contributed by atoms with Crippen molar-refractivity contribution in [3.05, 3.63) is 35.9 Å². The van der Waals surface area contributed by atoms with E-state index in [0.29, 0.717) is 19.4 Å². The second-order valence-electron chi connectivity index (χ2n) is 6.41. The van der Waals surface area contributed by atoms with Gasteiger partial charge in [-0.3, -0.25) is 9.69 Å². The van der Waals surface area contributed by atoms with Crippen molar-refractivity contribution in [2.24, 2.45) is 5.92 Å². The zero-order valence-electron chi connectivity index (χ0n) is 12.7. The molecule has 1 aromatic carbocycles. The van der Waals surface area contributed by atoms with Crippen LogP contribution in [0.1, 0.15) is 31.2 Å². The summed E-state index contributed by atoms with van der Waals surface area (Å²) in [4.78, 5) is 13.4. The van der Waals surface area contributed by atoms with Crippen molar-refractivity contribution in [2.45, 2.75) is 50.2 Å². The molecule has 3 atom stereocenters. The molecule has 1 aromatic rings. The van der Waals surface area contributed by atoms with E-state index < -0.39 is 12.0 Å². The Morgan fingerprint density at radius 1 is 1.32 bits per heavy atom. The van der Waals surface area contributed by atoms with E-state index in [1.165, 1.54) is 7.11 Å². The van der Waals surface area contributed by atoms with Gasteiger partial charge < -0.3 is 4.74 Å². The second kappa shape index (κ2) is 5.95. The van der Waals surface area contributed by atoms with Crippen molar-refractivity contribution >= 4 is 5.97 Å². The topological polar surface area (TPSA) is 29.5 Å². The van der Waals surface area contributed by atoms with Crippen LogP contribution >= 0.6 is 0 Å². The molecule has 2 aliphatic rings. The number of piperidine rings is 1. The minimum absolute atomic E-state index is 0.00264. The summed E-state index contributed by atoms with van der Waals surface area (Å²) in [5, 5.41) is 0. The highest BCUT2D eigenvalue weighted by Gasteiger charge is 2.57. The second-order valence-corrected chi connectivity index (χ2v) is 6.41. The third-order valence-corrected chi connectivity index (χ3v) is 4.92. The third-order valence-electron chi connectivity index (χ3n) is 4.92. The Labute approximate surface area is 129 Å². The van der Waals surface area contributed by atoms with E-state index in [1.54, 1.807) is 0 Å². The number of methoxy groups -OCH3 is 1. The standard InChI is InChI=1S/C17H21F2NO2/c1-22-16(21)9-13-7-14-10-17(18,19)15(8-13)20(14)11-12-5-3-2-4-6-12/h2-6,13-15H,7-11H2,1H3/t13-,14-,15+/m0/s1. The van der Waals surface area contributed by atoms with E-state index in [4.69, 9.17) is 0 Å². The molecule has 0 amide bonds. The van der Waals surface area contributed by atoms with E-state index in [1.807, 2.05) is 35.2 Å². The van der Waals surface area contributed by atoms with Crippen molar-refractivity contribution < 1.29 is 18.3 Å². The monoisotopic (exact) mass is 309 g/mol. The van der Waals surface area contributed by atoms with Gasteiger partial charge in [-0.1, -0.05) is 30.3 Å². The summed E-state index contributed by atoms with van der Waals surface area (Å²) >= 11 is 0. The van der Waals surface area contributed by atoms with E-state index in [0.717, 1.165) is 5.56 Å². The molecule has 120 valence electrons. The summed E-state index contributed by atoms with van der Waals surface area (Å²) in [5.41, 5.74) is 1.06. The fourth-order valence-corrected chi connectivity index (χ4v) is 3.91. The molecular weight excluding hydrogens is 288 g/mol. The number of benzene rings is 1. The molecule has 0 aliphatic carbocycles. The van der Waals surface area contributed by atoms with Crippen LogP contribution in [-0.2, 0) is 16.1 Å². The van der Waals surface area contributed by atoms with Gasteiger partial charge in [0, 0.05) is 25.4 Å². The van der Waals surface area contributed by atoms with E-state index >= 15 is 0 Å². The van der Waals surface area contributed by atoms with Crippen molar-refractivity contribution in [2.75, 3.05) is 7.11 Å². The summed E-state index contributed by atoms with van der Waals surface area (Å²) in [5.74, 6) is -2.96. The number of nitrogens with zero attached hydrogens (tertiary/aromatic N) is 1. The first-order chi connectivity index (χ1) is 10.5. The molecule has 0 radical (unpaired) electrons. The summed E-state index contributed by atoms with van der Waals surface area (Å²) in [6.07, 6.45) is 1.17. The number of rotatable bonds is 4. The Balaban J connectivity index is 1.73. The Morgan fingerprint density at radius 3 is 2.68 bits per heavy atom. The Hall–Kier alpha value is -1.49. The van der Waals surface area contributed by atoms with Crippen molar-refractivity contribution in [3.8, 4) is 0 Å². The first-order valence-corrected chi connectivity index (χ1v) is 7.74. The van der Waals surface area contributed by atoms with Crippen molar-refractivity contribution in [1.29, 1.82) is 0 Å². The quantitative estimate of drug-likeness (QED) is 0.800. The first kappa shape index (κ1) is 15.4. The third kappa shape index (κ3) is 3.00. The maximum absolute atomic E-state index is 14.3. The number of ether oxygens (including phenoxy) is 1. The van der Waals surface area contributed by atoms with Gasteiger partial charge >= 0.3 is 5.97 Å². The number of alkyl halides is 2. The highest BCUT2D eigenvalue weighted by molar-refractivity contribution is 5.69. The summed E-state index contributed by atoms with van der Waals surface area (Å²) in [6.45, 7) is 0.552. The minimum Gasteiger partial charge on any atom is -0.469 e. The van der Waals surface area contributed by atoms with Gasteiger partial charge in [0.25, 0.3) is 5.92 Å². The lowest BCUT2D eigenvalue weighted by Crippen LogP contribution is -2.46. The van der Waals surface area contributed by atoms with Gasteiger partial charge in [0.1, 0.15) is 0 Å². The van der Waals surface area contributed by atoms with E-state index in [-0.39, 0.29) is 30.8 Å². The molecule has 2 saturated heterocycles. The fraction of sp³-hybridized carbons (Fsp3) is 0.588. The van der Waals surface area contributed by atoms with Crippen LogP contribution in [0.15, 0.2) is 30.3 Å². The molecule has 2 fully saturated rings. The average molecular weight is 309 g/mol. The molecule has 0 N–H and O–H groups in total. The number of fused-ring (bicyclic) bond motifs is 2. The highest BCUT2D eigenvalue weighted by atomic mass is 19.3. The SMILES string of the molecule is COC(=O)C[C@H]1C[C@H]2CC(F)(F)[C@@H](C1)N2Cc1ccccc1. The maximum atomic E-state index is 14.3. The molecule has 2 aliphatic heterocycles. The minimum atomic E-state index is -2.66. The number of carbonyl (C=O) groups excluding carboxylic acids is 1. The molecule has 3 rings (SSSR count). The number of halogens is 2. The first-order valence-electron chi connectivity index (χ1n) is 7.74. The molecule has 22 heavy (non-hydrogen) atoms. The number of hydrogen-bond acceptors (Lipinski definition) is 3. The molecular formula is C17H21F2NO2. The molecule has 5 heteroatoms. The number of esters is 1. The lowest BCUT2D eigenvalue weighted by Gasteiger charge is -2.38. The lowest BCUT2D eigenvalue weighted by atomic mass is 9.87. The van der Waals surface area contributed by atoms with Gasteiger partial charge in [-0.2, -0.15) is 0 Å². The molecule has 0 aromatic heterocycles. The molecule has 3 nitrogen and oxygen atoms in total. The fourth-order valence-electron chi connectivity index (χ4n) is 3.91. The maximum Gasteiger partial charge on any atom is 0.305 e. The van der Waals surface area contributed by atoms with Crippen LogP contribution in [0.25, 0.3) is 0 Å². The largest absolute Gasteiger partial charge is 0.469 e. The molecule has 2 heterocycles. The molecule has 2 bridgehead atoms. The van der Waals surface area contributed by atoms with Gasteiger partial charge in [0.15, 0.2) is 0 Å². The van der Waals surface area contributed by atoms with Gasteiger partial charge in [-0.25, -0.2) is 8.78 Å². The van der Waals surface area contributed by atoms with Crippen LogP contribution in [0, 0.1) is 5.92 Å². The molecule has 0 spiro atoms. The summed E-state index contributed by atoms with van der Waals surface area (Å²) in [6, 6.07) is 8.81. The number of hydrogen-bond donors (Lipinski definition) is 0. The van der Waals surface area contributed by atoms with Crippen LogP contribution < -0.4 is 0 Å². The van der Waals surface area contributed by atoms with E-state index in [2.05, 4.69) is 4.74 Å². The summed E-state index contributed by atoms with van der Waals surface area (Å²) in [7, 11) is 1.34. The van der Waals surface area contributed by atoms with Crippen molar-refractivity contribution in [1.82, 2.24) is 4.90 Å². The molecule has 0 saturated carbocycles. The van der Waals surface area contributed by atoms with Crippen LogP contribution in [0.4, 0.5) is 8.78 Å². The highest BCUT2D eigenvalue weighted by Crippen LogP contribution is 2.48. The lowest BCUT2D eigenvalue weighted by molar-refractivity contribution is -0.142. The van der Waals surface area contributed by atoms with Crippen LogP contribution in [0.5, 0.6) is 0 Å². The summed E-state index contributed by atoms with van der Waals surface area (Å²) < 4.78 is 33.3. The van der Waals surface area contributed by atoms with Crippen LogP contribution in [0.3, 0.4) is 0 Å². The smallest absolute Gasteiger partial charge is 0.305 e. The van der Waals surface area contributed by atoms with Crippen LogP contribution in [0.2, 0.25) is 0 Å². The average Bonchev–Trinajstić information content (AvgIpc) is 2.63.